The molecule has 2 aliphatic rings. The standard InChI is InChI=1S/C25H23F2N7O2S/c26-20-10-17(11-21(27)32-20)22-16(2-1-6-29-22)14-28-13-15-4-8-34(9-5-15)24-30-7-3-18(31-24)12-19-23(35)33-25(36)37-19/h1-3,6-7,10-12,15,28H,4-5,8-9,13-14H2,(H,33,35,36)/b19-12-. The van der Waals surface area contributed by atoms with Crippen LogP contribution in [-0.4, -0.2) is 50.7 Å². The quantitative estimate of drug-likeness (QED) is 0.355. The Morgan fingerprint density at radius 3 is 2.59 bits per heavy atom. The van der Waals surface area contributed by atoms with Gasteiger partial charge in [0.25, 0.3) is 11.1 Å². The van der Waals surface area contributed by atoms with E-state index in [0.717, 1.165) is 49.8 Å². The van der Waals surface area contributed by atoms with Crippen LogP contribution < -0.4 is 15.5 Å². The molecule has 0 saturated carbocycles. The molecule has 2 amide bonds. The second-order valence-electron chi connectivity index (χ2n) is 8.71. The molecule has 0 aliphatic carbocycles. The van der Waals surface area contributed by atoms with Gasteiger partial charge >= 0.3 is 0 Å². The van der Waals surface area contributed by atoms with E-state index in [0.29, 0.717) is 40.3 Å². The monoisotopic (exact) mass is 523 g/mol. The highest BCUT2D eigenvalue weighted by molar-refractivity contribution is 8.18. The maximum absolute atomic E-state index is 13.6. The summed E-state index contributed by atoms with van der Waals surface area (Å²) in [6, 6.07) is 7.74. The Kier molecular flexibility index (Phi) is 7.47. The minimum Gasteiger partial charge on any atom is -0.341 e. The molecule has 0 atom stereocenters. The van der Waals surface area contributed by atoms with Crippen molar-refractivity contribution in [3.8, 4) is 11.3 Å². The third kappa shape index (κ3) is 6.15. The molecule has 0 unspecified atom stereocenters. The van der Waals surface area contributed by atoms with Crippen LogP contribution in [0.15, 0.2) is 47.6 Å². The first-order valence-corrected chi connectivity index (χ1v) is 12.6. The number of carbonyl (C=O) groups excluding carboxylic acids is 2. The van der Waals surface area contributed by atoms with Crippen molar-refractivity contribution in [3.05, 3.63) is 70.8 Å². The smallest absolute Gasteiger partial charge is 0.290 e. The van der Waals surface area contributed by atoms with Gasteiger partial charge in [-0.2, -0.15) is 13.8 Å². The third-order valence-electron chi connectivity index (χ3n) is 6.16. The number of aromatic nitrogens is 4. The van der Waals surface area contributed by atoms with Crippen molar-refractivity contribution in [1.82, 2.24) is 30.6 Å². The van der Waals surface area contributed by atoms with E-state index in [4.69, 9.17) is 0 Å². The summed E-state index contributed by atoms with van der Waals surface area (Å²) in [5, 5.41) is 5.30. The van der Waals surface area contributed by atoms with Gasteiger partial charge in [-0.25, -0.2) is 9.97 Å². The molecule has 3 aromatic heterocycles. The summed E-state index contributed by atoms with van der Waals surface area (Å²) in [6.07, 6.45) is 6.71. The van der Waals surface area contributed by atoms with Crippen molar-refractivity contribution in [2.24, 2.45) is 5.92 Å². The van der Waals surface area contributed by atoms with Crippen molar-refractivity contribution < 1.29 is 18.4 Å². The summed E-state index contributed by atoms with van der Waals surface area (Å²) in [7, 11) is 0. The number of hydrogen-bond donors (Lipinski definition) is 2. The first-order valence-electron chi connectivity index (χ1n) is 11.8. The van der Waals surface area contributed by atoms with E-state index in [1.54, 1.807) is 30.6 Å². The number of piperidine rings is 1. The van der Waals surface area contributed by atoms with Crippen LogP contribution in [0.25, 0.3) is 17.3 Å². The Morgan fingerprint density at radius 2 is 1.86 bits per heavy atom. The van der Waals surface area contributed by atoms with Crippen LogP contribution in [0.4, 0.5) is 19.5 Å². The molecule has 0 aromatic carbocycles. The molecular formula is C25H23F2N7O2S. The third-order valence-corrected chi connectivity index (χ3v) is 6.97. The number of amides is 2. The molecule has 5 heterocycles. The van der Waals surface area contributed by atoms with Crippen LogP contribution in [0.1, 0.15) is 24.1 Å². The molecule has 2 N–H and O–H groups in total. The lowest BCUT2D eigenvalue weighted by Gasteiger charge is -2.32. The number of halogens is 2. The maximum atomic E-state index is 13.6. The first kappa shape index (κ1) is 24.9. The number of rotatable bonds is 7. The Morgan fingerprint density at radius 1 is 1.08 bits per heavy atom. The highest BCUT2D eigenvalue weighted by Gasteiger charge is 2.26. The lowest BCUT2D eigenvalue weighted by Crippen LogP contribution is -2.38. The van der Waals surface area contributed by atoms with Crippen LogP contribution in [0, 0.1) is 17.8 Å². The number of nitrogens with one attached hydrogen (secondary N) is 2. The second kappa shape index (κ2) is 11.1. The Balaban J connectivity index is 1.15. The molecule has 0 spiro atoms. The molecular weight excluding hydrogens is 500 g/mol. The number of hydrogen-bond acceptors (Lipinski definition) is 9. The van der Waals surface area contributed by atoms with E-state index in [2.05, 4.69) is 35.5 Å². The lowest BCUT2D eigenvalue weighted by atomic mass is 9.97. The van der Waals surface area contributed by atoms with Crippen LogP contribution in [0.2, 0.25) is 0 Å². The summed E-state index contributed by atoms with van der Waals surface area (Å²) in [5.41, 5.74) is 2.30. The van der Waals surface area contributed by atoms with E-state index in [1.807, 2.05) is 6.07 Å². The molecule has 12 heteroatoms. The van der Waals surface area contributed by atoms with E-state index >= 15 is 0 Å². The molecule has 0 bridgehead atoms. The van der Waals surface area contributed by atoms with Gasteiger partial charge in [-0.1, -0.05) is 6.07 Å². The summed E-state index contributed by atoms with van der Waals surface area (Å²) >= 11 is 0.857. The summed E-state index contributed by atoms with van der Waals surface area (Å²) < 4.78 is 27.2. The minimum atomic E-state index is -0.879. The fourth-order valence-corrected chi connectivity index (χ4v) is 5.01. The SMILES string of the molecule is O=C1NC(=O)/C(=C/c2ccnc(N3CCC(CNCc4cccnc4-c4cc(F)nc(F)c4)CC3)n2)S1. The normalized spacial score (nSPS) is 17.5. The van der Waals surface area contributed by atoms with Crippen LogP contribution in [-0.2, 0) is 11.3 Å². The van der Waals surface area contributed by atoms with Gasteiger partial charge in [-0.15, -0.1) is 0 Å². The van der Waals surface area contributed by atoms with Gasteiger partial charge in [-0.3, -0.25) is 19.9 Å². The fraction of sp³-hybridized carbons (Fsp3) is 0.280. The molecule has 2 saturated heterocycles. The molecule has 2 fully saturated rings. The predicted molar refractivity (Wildman–Crippen MR) is 135 cm³/mol. The van der Waals surface area contributed by atoms with Crippen LogP contribution in [0.3, 0.4) is 0 Å². The minimum absolute atomic E-state index is 0.315. The van der Waals surface area contributed by atoms with Crippen molar-refractivity contribution in [1.29, 1.82) is 0 Å². The van der Waals surface area contributed by atoms with E-state index < -0.39 is 17.8 Å². The number of imide groups is 1. The van der Waals surface area contributed by atoms with E-state index in [-0.39, 0.29) is 5.24 Å². The first-order chi connectivity index (χ1) is 17.9. The number of anilines is 1. The zero-order chi connectivity index (χ0) is 25.8. The summed E-state index contributed by atoms with van der Waals surface area (Å²) in [6.45, 7) is 2.87. The van der Waals surface area contributed by atoms with Gasteiger partial charge < -0.3 is 10.2 Å². The van der Waals surface area contributed by atoms with Crippen molar-refractivity contribution in [3.63, 3.8) is 0 Å². The fourth-order valence-electron chi connectivity index (χ4n) is 4.34. The zero-order valence-corrected chi connectivity index (χ0v) is 20.5. The van der Waals surface area contributed by atoms with Crippen LogP contribution in [0.5, 0.6) is 0 Å². The van der Waals surface area contributed by atoms with Gasteiger partial charge in [0.1, 0.15) is 0 Å². The van der Waals surface area contributed by atoms with Gasteiger partial charge in [0, 0.05) is 49.7 Å². The largest absolute Gasteiger partial charge is 0.341 e. The molecule has 3 aromatic rings. The number of carbonyl (C=O) groups is 2. The summed E-state index contributed by atoms with van der Waals surface area (Å²) in [5.74, 6) is -1.14. The number of thioether (sulfide) groups is 1. The zero-order valence-electron chi connectivity index (χ0n) is 19.7. The topological polar surface area (TPSA) is 113 Å². The van der Waals surface area contributed by atoms with Gasteiger partial charge in [0.15, 0.2) is 0 Å². The molecule has 5 rings (SSSR count). The Labute approximate surface area is 215 Å². The van der Waals surface area contributed by atoms with Crippen molar-refractivity contribution in [2.75, 3.05) is 24.5 Å². The number of nitrogens with zero attached hydrogens (tertiary/aromatic N) is 5. The van der Waals surface area contributed by atoms with Gasteiger partial charge in [0.05, 0.1) is 16.3 Å². The summed E-state index contributed by atoms with van der Waals surface area (Å²) in [4.78, 5) is 42.0. The Hall–Kier alpha value is -3.77. The number of pyridine rings is 2. The molecule has 190 valence electrons. The highest BCUT2D eigenvalue weighted by Crippen LogP contribution is 2.26. The molecule has 2 aliphatic heterocycles. The predicted octanol–water partition coefficient (Wildman–Crippen LogP) is 3.54. The molecule has 37 heavy (non-hydrogen) atoms. The average molecular weight is 524 g/mol. The maximum Gasteiger partial charge on any atom is 0.290 e. The second-order valence-corrected chi connectivity index (χ2v) is 9.72. The van der Waals surface area contributed by atoms with E-state index in [9.17, 15) is 18.4 Å². The van der Waals surface area contributed by atoms with Crippen LogP contribution >= 0.6 is 11.8 Å². The molecule has 9 nitrogen and oxygen atoms in total. The van der Waals surface area contributed by atoms with Gasteiger partial charge in [0.2, 0.25) is 17.8 Å². The Bertz CT molecular complexity index is 1340. The average Bonchev–Trinajstić information content (AvgIpc) is 3.20. The lowest BCUT2D eigenvalue weighted by molar-refractivity contribution is -0.115. The van der Waals surface area contributed by atoms with Crippen molar-refractivity contribution in [2.45, 2.75) is 19.4 Å². The van der Waals surface area contributed by atoms with Gasteiger partial charge in [-0.05, 0) is 60.8 Å². The van der Waals surface area contributed by atoms with Crippen molar-refractivity contribution >= 4 is 34.9 Å². The molecule has 0 radical (unpaired) electrons. The highest BCUT2D eigenvalue weighted by atomic mass is 32.2. The van der Waals surface area contributed by atoms with E-state index in [1.165, 1.54) is 12.1 Å².